The van der Waals surface area contributed by atoms with Crippen molar-refractivity contribution in [3.05, 3.63) is 59.7 Å². The number of nitrogens with zero attached hydrogens (tertiary/aromatic N) is 4. The van der Waals surface area contributed by atoms with Crippen molar-refractivity contribution < 1.29 is 22.7 Å². The van der Waals surface area contributed by atoms with Gasteiger partial charge >= 0.3 is 6.43 Å². The fourth-order valence-electron chi connectivity index (χ4n) is 2.53. The van der Waals surface area contributed by atoms with Gasteiger partial charge in [-0.2, -0.15) is 8.78 Å². The molecule has 0 aliphatic heterocycles. The van der Waals surface area contributed by atoms with Crippen molar-refractivity contribution in [3.8, 4) is 17.2 Å². The molecular formula is C19H18F2N4O3. The monoisotopic (exact) mass is 388 g/mol. The molecular weight excluding hydrogens is 370 g/mol. The summed E-state index contributed by atoms with van der Waals surface area (Å²) in [5, 5.41) is 6.88. The van der Waals surface area contributed by atoms with Gasteiger partial charge in [0.25, 0.3) is 5.89 Å². The van der Waals surface area contributed by atoms with Crippen LogP contribution < -0.4 is 4.74 Å². The standard InChI is InChI=1S/C19H18F2N4O3/c1-19(25(2)3,15-6-4-5-9-22-15)28-14-8-7-12(10-13(14)11-26)17-23-24-18(27-17)16(20)21/h4-11,16H,1-3H3. The Kier molecular flexibility index (Phi) is 5.46. The van der Waals surface area contributed by atoms with E-state index in [2.05, 4.69) is 15.2 Å². The number of rotatable bonds is 7. The Labute approximate surface area is 160 Å². The molecule has 2 heterocycles. The number of hydrogen-bond donors (Lipinski definition) is 0. The Morgan fingerprint density at radius 2 is 2.00 bits per heavy atom. The molecule has 2 aromatic heterocycles. The molecule has 28 heavy (non-hydrogen) atoms. The van der Waals surface area contributed by atoms with Gasteiger partial charge in [0, 0.05) is 11.8 Å². The predicted molar refractivity (Wildman–Crippen MR) is 96.0 cm³/mol. The Bertz CT molecular complexity index is 963. The summed E-state index contributed by atoms with van der Waals surface area (Å²) in [5.41, 5.74) is 0.240. The third kappa shape index (κ3) is 3.74. The summed E-state index contributed by atoms with van der Waals surface area (Å²) in [6.45, 7) is 1.82. The number of halogens is 2. The molecule has 0 radical (unpaired) electrons. The molecule has 7 nitrogen and oxygen atoms in total. The van der Waals surface area contributed by atoms with E-state index in [1.807, 2.05) is 38.1 Å². The Morgan fingerprint density at radius 3 is 2.57 bits per heavy atom. The zero-order chi connectivity index (χ0) is 20.3. The lowest BCUT2D eigenvalue weighted by molar-refractivity contribution is -0.0507. The van der Waals surface area contributed by atoms with E-state index in [4.69, 9.17) is 9.15 Å². The van der Waals surface area contributed by atoms with Crippen LogP contribution in [0.4, 0.5) is 8.78 Å². The highest BCUT2D eigenvalue weighted by Crippen LogP contribution is 2.33. The summed E-state index contributed by atoms with van der Waals surface area (Å²) in [7, 11) is 3.65. The Morgan fingerprint density at radius 1 is 1.21 bits per heavy atom. The predicted octanol–water partition coefficient (Wildman–Crippen LogP) is 3.70. The van der Waals surface area contributed by atoms with Crippen LogP contribution in [0.1, 0.15) is 35.3 Å². The number of pyridine rings is 1. The summed E-state index contributed by atoms with van der Waals surface area (Å²) in [6.07, 6.45) is -0.605. The minimum absolute atomic E-state index is 0.106. The van der Waals surface area contributed by atoms with Crippen LogP contribution >= 0.6 is 0 Å². The van der Waals surface area contributed by atoms with Gasteiger partial charge in [0.2, 0.25) is 11.6 Å². The second-order valence-corrected chi connectivity index (χ2v) is 6.31. The molecule has 3 aromatic rings. The first kappa shape index (κ1) is 19.6. The van der Waals surface area contributed by atoms with Gasteiger partial charge in [-0.3, -0.25) is 14.7 Å². The van der Waals surface area contributed by atoms with Crippen molar-refractivity contribution in [2.24, 2.45) is 0 Å². The van der Waals surface area contributed by atoms with Gasteiger partial charge in [-0.1, -0.05) is 6.07 Å². The van der Waals surface area contributed by atoms with Gasteiger partial charge in [-0.15, -0.1) is 10.2 Å². The van der Waals surface area contributed by atoms with Gasteiger partial charge in [-0.05, 0) is 51.4 Å². The maximum absolute atomic E-state index is 12.6. The van der Waals surface area contributed by atoms with Crippen molar-refractivity contribution in [1.82, 2.24) is 20.1 Å². The number of alkyl halides is 2. The summed E-state index contributed by atoms with van der Waals surface area (Å²) in [4.78, 5) is 17.8. The minimum atomic E-state index is -2.87. The maximum atomic E-state index is 12.6. The largest absolute Gasteiger partial charge is 0.466 e. The number of benzene rings is 1. The number of aldehydes is 1. The van der Waals surface area contributed by atoms with Gasteiger partial charge in [0.15, 0.2) is 6.29 Å². The van der Waals surface area contributed by atoms with E-state index in [-0.39, 0.29) is 11.5 Å². The molecule has 0 amide bonds. The number of aromatic nitrogens is 3. The molecule has 146 valence electrons. The van der Waals surface area contributed by atoms with Crippen LogP contribution in [0.15, 0.2) is 47.0 Å². The van der Waals surface area contributed by atoms with Gasteiger partial charge in [0.05, 0.1) is 11.3 Å². The lowest BCUT2D eigenvalue weighted by Crippen LogP contribution is -2.44. The summed E-state index contributed by atoms with van der Waals surface area (Å²) in [6, 6.07) is 10.0. The molecule has 0 N–H and O–H groups in total. The first-order valence-corrected chi connectivity index (χ1v) is 8.34. The van der Waals surface area contributed by atoms with Crippen molar-refractivity contribution >= 4 is 6.29 Å². The molecule has 0 aliphatic carbocycles. The van der Waals surface area contributed by atoms with E-state index >= 15 is 0 Å². The molecule has 1 aromatic carbocycles. The highest BCUT2D eigenvalue weighted by Gasteiger charge is 2.34. The number of carbonyl (C=O) groups excluding carboxylic acids is 1. The number of hydrogen-bond acceptors (Lipinski definition) is 7. The topological polar surface area (TPSA) is 81.4 Å². The van der Waals surface area contributed by atoms with Crippen molar-refractivity contribution in [2.45, 2.75) is 19.1 Å². The lowest BCUT2D eigenvalue weighted by atomic mass is 10.1. The molecule has 1 atom stereocenters. The Balaban J connectivity index is 1.96. The highest BCUT2D eigenvalue weighted by molar-refractivity contribution is 5.82. The fourth-order valence-corrected chi connectivity index (χ4v) is 2.53. The van der Waals surface area contributed by atoms with E-state index in [1.54, 1.807) is 24.4 Å². The van der Waals surface area contributed by atoms with E-state index < -0.39 is 18.0 Å². The molecule has 3 rings (SSSR count). The third-order valence-electron chi connectivity index (χ3n) is 4.31. The van der Waals surface area contributed by atoms with E-state index in [0.29, 0.717) is 23.3 Å². The number of ether oxygens (including phenoxy) is 1. The SMILES string of the molecule is CN(C)C(C)(Oc1ccc(-c2nnc(C(F)F)o2)cc1C=O)c1ccccn1. The number of carbonyl (C=O) groups is 1. The lowest BCUT2D eigenvalue weighted by Gasteiger charge is -2.36. The molecule has 0 aliphatic rings. The second-order valence-electron chi connectivity index (χ2n) is 6.31. The summed E-state index contributed by atoms with van der Waals surface area (Å²) >= 11 is 0. The van der Waals surface area contributed by atoms with Gasteiger partial charge < -0.3 is 9.15 Å². The molecule has 0 bridgehead atoms. The molecule has 1 unspecified atom stereocenters. The average Bonchev–Trinajstić information content (AvgIpc) is 3.19. The average molecular weight is 388 g/mol. The van der Waals surface area contributed by atoms with Crippen LogP contribution in [0.2, 0.25) is 0 Å². The third-order valence-corrected chi connectivity index (χ3v) is 4.31. The van der Waals surface area contributed by atoms with E-state index in [0.717, 1.165) is 0 Å². The molecule has 0 saturated carbocycles. The van der Waals surface area contributed by atoms with Gasteiger partial charge in [0.1, 0.15) is 5.75 Å². The van der Waals surface area contributed by atoms with Crippen LogP contribution in [-0.4, -0.2) is 40.5 Å². The molecule has 0 saturated heterocycles. The van der Waals surface area contributed by atoms with Crippen molar-refractivity contribution in [1.29, 1.82) is 0 Å². The van der Waals surface area contributed by atoms with Crippen LogP contribution in [0.5, 0.6) is 5.75 Å². The van der Waals surface area contributed by atoms with Gasteiger partial charge in [-0.25, -0.2) is 0 Å². The maximum Gasteiger partial charge on any atom is 0.314 e. The molecule has 9 heteroatoms. The first-order chi connectivity index (χ1) is 13.3. The van der Waals surface area contributed by atoms with E-state index in [9.17, 15) is 13.6 Å². The van der Waals surface area contributed by atoms with Crippen LogP contribution in [0, 0.1) is 0 Å². The fraction of sp³-hybridized carbons (Fsp3) is 0.263. The molecule has 0 spiro atoms. The van der Waals surface area contributed by atoms with Crippen LogP contribution in [0.25, 0.3) is 11.5 Å². The quantitative estimate of drug-likeness (QED) is 0.451. The molecule has 0 fully saturated rings. The minimum Gasteiger partial charge on any atom is -0.466 e. The summed E-state index contributed by atoms with van der Waals surface area (Å²) in [5.74, 6) is -0.586. The van der Waals surface area contributed by atoms with Crippen molar-refractivity contribution in [2.75, 3.05) is 14.1 Å². The van der Waals surface area contributed by atoms with Crippen LogP contribution in [-0.2, 0) is 5.72 Å². The zero-order valence-electron chi connectivity index (χ0n) is 15.5. The Hall–Kier alpha value is -3.20. The second kappa shape index (κ2) is 7.81. The van der Waals surface area contributed by atoms with E-state index in [1.165, 1.54) is 6.07 Å². The zero-order valence-corrected chi connectivity index (χ0v) is 15.5. The van der Waals surface area contributed by atoms with Crippen molar-refractivity contribution in [3.63, 3.8) is 0 Å². The highest BCUT2D eigenvalue weighted by atomic mass is 19.3. The summed E-state index contributed by atoms with van der Waals surface area (Å²) < 4.78 is 36.4. The van der Waals surface area contributed by atoms with Crippen LogP contribution in [0.3, 0.4) is 0 Å². The normalized spacial score (nSPS) is 13.5. The first-order valence-electron chi connectivity index (χ1n) is 8.34. The smallest absolute Gasteiger partial charge is 0.314 e.